The number of ether oxygens (including phenoxy) is 1. The molecule has 148 valence electrons. The molecule has 0 bridgehead atoms. The van der Waals surface area contributed by atoms with E-state index in [1.807, 2.05) is 60.7 Å². The van der Waals surface area contributed by atoms with Gasteiger partial charge in [0.15, 0.2) is 0 Å². The van der Waals surface area contributed by atoms with E-state index in [0.29, 0.717) is 18.0 Å². The van der Waals surface area contributed by atoms with Gasteiger partial charge in [-0.1, -0.05) is 49.8 Å². The molecule has 6 nitrogen and oxygen atoms in total. The Morgan fingerprint density at radius 1 is 1.17 bits per heavy atom. The fraction of sp³-hybridized carbons (Fsp3) is 0.174. The van der Waals surface area contributed by atoms with E-state index in [-0.39, 0.29) is 5.91 Å². The van der Waals surface area contributed by atoms with Crippen LogP contribution in [0.1, 0.15) is 35.8 Å². The van der Waals surface area contributed by atoms with Gasteiger partial charge >= 0.3 is 0 Å². The summed E-state index contributed by atoms with van der Waals surface area (Å²) in [6.45, 7) is 2.84. The Morgan fingerprint density at radius 3 is 2.72 bits per heavy atom. The average molecular weight is 388 g/mol. The van der Waals surface area contributed by atoms with E-state index < -0.39 is 0 Å². The SMILES string of the molecule is CCCCOc1ccc(-c2cc(C(=O)NN=CC=Cc3ccccc3)[nH]n2)cc1. The Hall–Kier alpha value is -3.67. The van der Waals surface area contributed by atoms with Gasteiger partial charge in [0.1, 0.15) is 11.4 Å². The van der Waals surface area contributed by atoms with E-state index in [0.717, 1.165) is 29.7 Å². The van der Waals surface area contributed by atoms with E-state index in [2.05, 4.69) is 27.6 Å². The second kappa shape index (κ2) is 10.6. The molecule has 29 heavy (non-hydrogen) atoms. The summed E-state index contributed by atoms with van der Waals surface area (Å²) < 4.78 is 5.66. The molecule has 0 fully saturated rings. The van der Waals surface area contributed by atoms with Gasteiger partial charge in [-0.3, -0.25) is 9.89 Å². The fourth-order valence-electron chi connectivity index (χ4n) is 2.56. The lowest BCUT2D eigenvalue weighted by Crippen LogP contribution is -2.17. The molecule has 1 aromatic heterocycles. The van der Waals surface area contributed by atoms with Gasteiger partial charge in [0, 0.05) is 11.8 Å². The van der Waals surface area contributed by atoms with E-state index in [1.54, 1.807) is 12.1 Å². The van der Waals surface area contributed by atoms with Crippen LogP contribution in [0.4, 0.5) is 0 Å². The number of unbranched alkanes of at least 4 members (excludes halogenated alkanes) is 1. The molecule has 0 unspecified atom stereocenters. The minimum Gasteiger partial charge on any atom is -0.494 e. The number of nitrogens with one attached hydrogen (secondary N) is 2. The van der Waals surface area contributed by atoms with Crippen LogP contribution in [0.3, 0.4) is 0 Å². The number of carbonyl (C=O) groups is 1. The third kappa shape index (κ3) is 6.17. The lowest BCUT2D eigenvalue weighted by atomic mass is 10.1. The molecule has 0 aliphatic rings. The Bertz CT molecular complexity index is 960. The van der Waals surface area contributed by atoms with E-state index in [4.69, 9.17) is 4.74 Å². The summed E-state index contributed by atoms with van der Waals surface area (Å²) >= 11 is 0. The van der Waals surface area contributed by atoms with Gasteiger partial charge in [-0.15, -0.1) is 0 Å². The predicted molar refractivity (Wildman–Crippen MR) is 116 cm³/mol. The zero-order chi connectivity index (χ0) is 20.3. The summed E-state index contributed by atoms with van der Waals surface area (Å²) in [5, 5.41) is 10.9. The molecule has 3 aromatic rings. The molecular weight excluding hydrogens is 364 g/mol. The van der Waals surface area contributed by atoms with Gasteiger partial charge in [0.2, 0.25) is 0 Å². The van der Waals surface area contributed by atoms with Gasteiger partial charge in [-0.2, -0.15) is 10.2 Å². The van der Waals surface area contributed by atoms with Gasteiger partial charge < -0.3 is 4.74 Å². The van der Waals surface area contributed by atoms with Crippen LogP contribution in [-0.4, -0.2) is 28.9 Å². The van der Waals surface area contributed by atoms with Crippen molar-refractivity contribution in [1.82, 2.24) is 15.6 Å². The second-order valence-electron chi connectivity index (χ2n) is 6.38. The van der Waals surface area contributed by atoms with Crippen LogP contribution in [0.15, 0.2) is 71.8 Å². The highest BCUT2D eigenvalue weighted by Crippen LogP contribution is 2.21. The number of hydrogen-bond acceptors (Lipinski definition) is 4. The summed E-state index contributed by atoms with van der Waals surface area (Å²) in [4.78, 5) is 12.2. The summed E-state index contributed by atoms with van der Waals surface area (Å²) in [5.41, 5.74) is 5.46. The number of carbonyl (C=O) groups excluding carboxylic acids is 1. The normalized spacial score (nSPS) is 11.2. The third-order valence-electron chi connectivity index (χ3n) is 4.15. The van der Waals surface area contributed by atoms with Gasteiger partial charge in [0.05, 0.1) is 12.3 Å². The van der Waals surface area contributed by atoms with Crippen LogP contribution in [0.25, 0.3) is 17.3 Å². The van der Waals surface area contributed by atoms with E-state index in [1.165, 1.54) is 6.21 Å². The largest absolute Gasteiger partial charge is 0.494 e. The second-order valence-corrected chi connectivity index (χ2v) is 6.38. The quantitative estimate of drug-likeness (QED) is 0.317. The molecule has 0 saturated heterocycles. The highest BCUT2D eigenvalue weighted by molar-refractivity contribution is 5.94. The van der Waals surface area contributed by atoms with Crippen molar-refractivity contribution >= 4 is 18.2 Å². The summed E-state index contributed by atoms with van der Waals surface area (Å²) in [7, 11) is 0. The molecule has 6 heteroatoms. The number of benzene rings is 2. The van der Waals surface area contributed by atoms with Crippen molar-refractivity contribution in [3.8, 4) is 17.0 Å². The van der Waals surface area contributed by atoms with Crippen LogP contribution >= 0.6 is 0 Å². The number of nitrogens with zero attached hydrogens (tertiary/aromatic N) is 2. The molecule has 2 aromatic carbocycles. The first-order chi connectivity index (χ1) is 14.3. The van der Waals surface area contributed by atoms with Crippen LogP contribution in [0.2, 0.25) is 0 Å². The summed E-state index contributed by atoms with van der Waals surface area (Å²) in [6, 6.07) is 19.2. The van der Waals surface area contributed by atoms with Crippen molar-refractivity contribution in [2.24, 2.45) is 5.10 Å². The van der Waals surface area contributed by atoms with Crippen LogP contribution < -0.4 is 10.2 Å². The first kappa shape index (κ1) is 20.1. The van der Waals surface area contributed by atoms with Crippen molar-refractivity contribution in [3.05, 3.63) is 78.0 Å². The molecular formula is C23H24N4O2. The van der Waals surface area contributed by atoms with Crippen molar-refractivity contribution in [2.45, 2.75) is 19.8 Å². The monoisotopic (exact) mass is 388 g/mol. The standard InChI is InChI=1S/C23H24N4O2/c1-2-3-16-29-20-13-11-19(12-14-20)21-17-22(26-25-21)23(28)27-24-15-7-10-18-8-5-4-6-9-18/h4-15,17H,2-3,16H2,1H3,(H,25,26)(H,27,28). The highest BCUT2D eigenvalue weighted by atomic mass is 16.5. The van der Waals surface area contributed by atoms with Gasteiger partial charge in [0.25, 0.3) is 5.91 Å². The minimum absolute atomic E-state index is 0.340. The molecule has 0 aliphatic heterocycles. The van der Waals surface area contributed by atoms with Crippen LogP contribution in [0.5, 0.6) is 5.75 Å². The third-order valence-corrected chi connectivity index (χ3v) is 4.15. The maximum absolute atomic E-state index is 12.2. The number of hydrogen-bond donors (Lipinski definition) is 2. The Kier molecular flexibility index (Phi) is 7.34. The summed E-state index contributed by atoms with van der Waals surface area (Å²) in [6.07, 6.45) is 7.32. The van der Waals surface area contributed by atoms with Crippen molar-refractivity contribution in [2.75, 3.05) is 6.61 Å². The lowest BCUT2D eigenvalue weighted by Gasteiger charge is -2.05. The number of aromatic amines is 1. The molecule has 2 N–H and O–H groups in total. The number of amides is 1. The van der Waals surface area contributed by atoms with E-state index >= 15 is 0 Å². The fourth-order valence-corrected chi connectivity index (χ4v) is 2.56. The average Bonchev–Trinajstić information content (AvgIpc) is 3.25. The maximum Gasteiger partial charge on any atom is 0.289 e. The Balaban J connectivity index is 1.53. The maximum atomic E-state index is 12.2. The summed E-state index contributed by atoms with van der Waals surface area (Å²) in [5.74, 6) is 0.473. The van der Waals surface area contributed by atoms with Crippen molar-refractivity contribution in [3.63, 3.8) is 0 Å². The molecule has 0 radical (unpaired) electrons. The number of allylic oxidation sites excluding steroid dienone is 1. The van der Waals surface area contributed by atoms with Crippen molar-refractivity contribution in [1.29, 1.82) is 0 Å². The highest BCUT2D eigenvalue weighted by Gasteiger charge is 2.10. The molecule has 1 heterocycles. The first-order valence-electron chi connectivity index (χ1n) is 9.60. The molecule has 0 spiro atoms. The molecule has 1 amide bonds. The first-order valence-corrected chi connectivity index (χ1v) is 9.60. The van der Waals surface area contributed by atoms with Crippen LogP contribution in [0, 0.1) is 0 Å². The lowest BCUT2D eigenvalue weighted by molar-refractivity contribution is 0.0950. The number of H-pyrrole nitrogens is 1. The van der Waals surface area contributed by atoms with Gasteiger partial charge in [-0.05, 0) is 48.4 Å². The van der Waals surface area contributed by atoms with Crippen LogP contribution in [-0.2, 0) is 0 Å². The number of rotatable bonds is 9. The van der Waals surface area contributed by atoms with Gasteiger partial charge in [-0.25, -0.2) is 5.43 Å². The smallest absolute Gasteiger partial charge is 0.289 e. The zero-order valence-corrected chi connectivity index (χ0v) is 16.3. The number of hydrazone groups is 1. The molecule has 0 aliphatic carbocycles. The molecule has 0 atom stereocenters. The minimum atomic E-state index is -0.354. The van der Waals surface area contributed by atoms with Crippen molar-refractivity contribution < 1.29 is 9.53 Å². The molecule has 3 rings (SSSR count). The van der Waals surface area contributed by atoms with E-state index in [9.17, 15) is 4.79 Å². The topological polar surface area (TPSA) is 79.4 Å². The number of aromatic nitrogens is 2. The zero-order valence-electron chi connectivity index (χ0n) is 16.3. The molecule has 0 saturated carbocycles. The Labute approximate surface area is 170 Å². The predicted octanol–water partition coefficient (Wildman–Crippen LogP) is 4.68. The Morgan fingerprint density at radius 2 is 1.97 bits per heavy atom.